The van der Waals surface area contributed by atoms with E-state index in [0.29, 0.717) is 0 Å². The Hall–Kier alpha value is -1.50. The second-order valence-electron chi connectivity index (χ2n) is 4.01. The Kier molecular flexibility index (Phi) is 7.75. The molecule has 0 unspecified atom stereocenters. The molecule has 1 aromatic rings. The van der Waals surface area contributed by atoms with Gasteiger partial charge in [-0.25, -0.2) is 0 Å². The average Bonchev–Trinajstić information content (AvgIpc) is 2.38. The molecule has 17 heavy (non-hydrogen) atoms. The van der Waals surface area contributed by atoms with Crippen LogP contribution in [0.25, 0.3) is 0 Å². The molecule has 0 atom stereocenters. The van der Waals surface area contributed by atoms with Crippen LogP contribution in [0.4, 0.5) is 0 Å². The zero-order chi connectivity index (χ0) is 12.2. The van der Waals surface area contributed by atoms with Gasteiger partial charge in [0.25, 0.3) is 0 Å². The van der Waals surface area contributed by atoms with Crippen molar-refractivity contribution in [2.45, 2.75) is 32.6 Å². The molecule has 0 aliphatic heterocycles. The third-order valence-corrected chi connectivity index (χ3v) is 2.50. The van der Waals surface area contributed by atoms with Crippen molar-refractivity contribution in [2.24, 2.45) is 0 Å². The lowest BCUT2D eigenvalue weighted by molar-refractivity contribution is 0.254. The van der Waals surface area contributed by atoms with Crippen molar-refractivity contribution in [3.63, 3.8) is 0 Å². The molecular weight excluding hydrogens is 208 g/mol. The van der Waals surface area contributed by atoms with E-state index in [1.54, 1.807) is 6.26 Å². The van der Waals surface area contributed by atoms with E-state index in [0.717, 1.165) is 19.4 Å². The lowest BCUT2D eigenvalue weighted by atomic mass is 10.2. The minimum absolute atomic E-state index is 0.739. The fourth-order valence-corrected chi connectivity index (χ4v) is 1.49. The summed E-state index contributed by atoms with van der Waals surface area (Å²) in [5.41, 5.74) is 1.32. The number of allylic oxidation sites excluding steroid dienone is 3. The van der Waals surface area contributed by atoms with Crippen molar-refractivity contribution in [1.82, 2.24) is 0 Å². The summed E-state index contributed by atoms with van der Waals surface area (Å²) in [7, 11) is 0. The molecule has 1 rings (SSSR count). The van der Waals surface area contributed by atoms with Gasteiger partial charge in [-0.2, -0.15) is 0 Å². The van der Waals surface area contributed by atoms with Gasteiger partial charge in [-0.05, 0) is 18.1 Å². The fourth-order valence-electron chi connectivity index (χ4n) is 1.49. The molecule has 0 radical (unpaired) electrons. The van der Waals surface area contributed by atoms with Crippen LogP contribution in [0.15, 0.2) is 54.8 Å². The summed E-state index contributed by atoms with van der Waals surface area (Å²) in [6, 6.07) is 10.4. The van der Waals surface area contributed by atoms with Crippen molar-refractivity contribution in [3.8, 4) is 0 Å². The highest BCUT2D eigenvalue weighted by Gasteiger charge is 1.89. The molecule has 0 heterocycles. The van der Waals surface area contributed by atoms with E-state index in [4.69, 9.17) is 4.74 Å². The smallest absolute Gasteiger partial charge is 0.0913 e. The lowest BCUT2D eigenvalue weighted by Gasteiger charge is -2.00. The van der Waals surface area contributed by atoms with Gasteiger partial charge in [-0.1, -0.05) is 62.2 Å². The molecule has 1 aromatic carbocycles. The zero-order valence-electron chi connectivity index (χ0n) is 10.6. The highest BCUT2D eigenvalue weighted by molar-refractivity contribution is 5.14. The van der Waals surface area contributed by atoms with Gasteiger partial charge in [0, 0.05) is 6.42 Å². The standard InChI is InChI=1S/C16H22O/c1-2-3-4-5-6-10-14-17-15-13-16-11-8-7-9-12-16/h5-12,14H,2-4,13,15H2,1H3. The van der Waals surface area contributed by atoms with Gasteiger partial charge >= 0.3 is 0 Å². The quantitative estimate of drug-likeness (QED) is 0.363. The summed E-state index contributed by atoms with van der Waals surface area (Å²) in [6.45, 7) is 2.94. The number of ether oxygens (including phenoxy) is 1. The molecule has 0 saturated heterocycles. The second kappa shape index (κ2) is 9.71. The highest BCUT2D eigenvalue weighted by atomic mass is 16.5. The van der Waals surface area contributed by atoms with Crippen LogP contribution in [0, 0.1) is 0 Å². The van der Waals surface area contributed by atoms with Crippen LogP contribution in [-0.2, 0) is 11.2 Å². The van der Waals surface area contributed by atoms with Crippen LogP contribution in [0.5, 0.6) is 0 Å². The Balaban J connectivity index is 2.04. The number of unbranched alkanes of at least 4 members (excludes halogenated alkanes) is 2. The third kappa shape index (κ3) is 7.40. The first-order valence-corrected chi connectivity index (χ1v) is 6.40. The van der Waals surface area contributed by atoms with Crippen LogP contribution >= 0.6 is 0 Å². The molecule has 1 heteroatoms. The lowest BCUT2D eigenvalue weighted by Crippen LogP contribution is -1.92. The maximum atomic E-state index is 5.41. The van der Waals surface area contributed by atoms with Crippen molar-refractivity contribution < 1.29 is 4.74 Å². The van der Waals surface area contributed by atoms with Gasteiger partial charge in [0.15, 0.2) is 0 Å². The van der Waals surface area contributed by atoms with Crippen molar-refractivity contribution in [1.29, 1.82) is 0 Å². The second-order valence-corrected chi connectivity index (χ2v) is 4.01. The van der Waals surface area contributed by atoms with E-state index in [9.17, 15) is 0 Å². The number of hydrogen-bond acceptors (Lipinski definition) is 1. The average molecular weight is 230 g/mol. The van der Waals surface area contributed by atoms with E-state index in [1.165, 1.54) is 18.4 Å². The van der Waals surface area contributed by atoms with Crippen LogP contribution in [0.3, 0.4) is 0 Å². The van der Waals surface area contributed by atoms with E-state index >= 15 is 0 Å². The highest BCUT2D eigenvalue weighted by Crippen LogP contribution is 1.99. The molecular formula is C16H22O. The minimum atomic E-state index is 0.739. The first kappa shape index (κ1) is 13.6. The summed E-state index contributed by atoms with van der Waals surface area (Å²) < 4.78 is 5.41. The summed E-state index contributed by atoms with van der Waals surface area (Å²) in [5, 5.41) is 0. The molecule has 0 saturated carbocycles. The van der Waals surface area contributed by atoms with Gasteiger partial charge in [0.1, 0.15) is 0 Å². The predicted molar refractivity (Wildman–Crippen MR) is 73.9 cm³/mol. The first-order chi connectivity index (χ1) is 8.43. The Labute approximate surface area is 105 Å². The summed E-state index contributed by atoms with van der Waals surface area (Å²) in [5.74, 6) is 0. The van der Waals surface area contributed by atoms with Gasteiger partial charge in [0.2, 0.25) is 0 Å². The third-order valence-electron chi connectivity index (χ3n) is 2.50. The van der Waals surface area contributed by atoms with E-state index in [2.05, 4.69) is 43.3 Å². The topological polar surface area (TPSA) is 9.23 Å². The van der Waals surface area contributed by atoms with Crippen LogP contribution < -0.4 is 0 Å². The monoisotopic (exact) mass is 230 g/mol. The molecule has 0 bridgehead atoms. The molecule has 0 N–H and O–H groups in total. The van der Waals surface area contributed by atoms with Gasteiger partial charge in [-0.15, -0.1) is 0 Å². The van der Waals surface area contributed by atoms with Gasteiger partial charge in [0.05, 0.1) is 12.9 Å². The van der Waals surface area contributed by atoms with Crippen LogP contribution in [-0.4, -0.2) is 6.61 Å². The predicted octanol–water partition coefficient (Wildman–Crippen LogP) is 4.51. The molecule has 0 aromatic heterocycles. The SMILES string of the molecule is CCCCC=CC=COCCc1ccccc1. The van der Waals surface area contributed by atoms with Crippen molar-refractivity contribution in [3.05, 3.63) is 60.4 Å². The van der Waals surface area contributed by atoms with Crippen molar-refractivity contribution >= 4 is 0 Å². The van der Waals surface area contributed by atoms with Crippen LogP contribution in [0.1, 0.15) is 31.7 Å². The Morgan fingerprint density at radius 1 is 1.12 bits per heavy atom. The van der Waals surface area contributed by atoms with Crippen LogP contribution in [0.2, 0.25) is 0 Å². The fraction of sp³-hybridized carbons (Fsp3) is 0.375. The summed E-state index contributed by atoms with van der Waals surface area (Å²) in [6.07, 6.45) is 12.6. The first-order valence-electron chi connectivity index (χ1n) is 6.40. The Morgan fingerprint density at radius 3 is 2.71 bits per heavy atom. The van der Waals surface area contributed by atoms with E-state index in [-0.39, 0.29) is 0 Å². The molecule has 1 nitrogen and oxygen atoms in total. The van der Waals surface area contributed by atoms with Gasteiger partial charge in [-0.3, -0.25) is 0 Å². The number of benzene rings is 1. The Bertz CT molecular complexity index is 325. The largest absolute Gasteiger partial charge is 0.501 e. The molecule has 92 valence electrons. The molecule has 0 amide bonds. The van der Waals surface area contributed by atoms with E-state index < -0.39 is 0 Å². The normalized spacial score (nSPS) is 11.4. The maximum absolute atomic E-state index is 5.41. The van der Waals surface area contributed by atoms with Gasteiger partial charge < -0.3 is 4.74 Å². The molecule has 0 fully saturated rings. The molecule has 0 spiro atoms. The molecule has 0 aliphatic carbocycles. The minimum Gasteiger partial charge on any atom is -0.501 e. The van der Waals surface area contributed by atoms with Crippen molar-refractivity contribution in [2.75, 3.05) is 6.61 Å². The Morgan fingerprint density at radius 2 is 1.94 bits per heavy atom. The zero-order valence-corrected chi connectivity index (χ0v) is 10.6. The maximum Gasteiger partial charge on any atom is 0.0913 e. The number of hydrogen-bond donors (Lipinski definition) is 0. The summed E-state index contributed by atoms with van der Waals surface area (Å²) in [4.78, 5) is 0. The van der Waals surface area contributed by atoms with E-state index in [1.807, 2.05) is 12.1 Å². The molecule has 0 aliphatic rings. The summed E-state index contributed by atoms with van der Waals surface area (Å²) >= 11 is 0. The number of rotatable bonds is 8.